The molecule has 98 valence electrons. The van der Waals surface area contributed by atoms with Crippen LogP contribution in [0.15, 0.2) is 34.9 Å². The van der Waals surface area contributed by atoms with Crippen LogP contribution in [-0.2, 0) is 7.05 Å². The fourth-order valence-electron chi connectivity index (χ4n) is 1.52. The number of halogens is 1. The molecule has 1 N–H and O–H groups in total. The van der Waals surface area contributed by atoms with Crippen molar-refractivity contribution >= 4 is 33.3 Å². The third-order valence-electron chi connectivity index (χ3n) is 2.48. The summed E-state index contributed by atoms with van der Waals surface area (Å²) in [5.74, 6) is 0.0579. The number of aryl methyl sites for hydroxylation is 1. The van der Waals surface area contributed by atoms with Crippen LogP contribution < -0.4 is 5.32 Å². The van der Waals surface area contributed by atoms with Crippen LogP contribution in [0.1, 0.15) is 10.4 Å². The molecule has 0 atom stereocenters. The van der Waals surface area contributed by atoms with Gasteiger partial charge in [0.15, 0.2) is 0 Å². The van der Waals surface area contributed by atoms with Crippen LogP contribution in [-0.4, -0.2) is 20.6 Å². The molecule has 0 saturated carbocycles. The SMILES string of the molecule is Cn1nccc1NC(=O)c1cccc([N+](=O)[O-])c1Br. The van der Waals surface area contributed by atoms with Gasteiger partial charge in [-0.1, -0.05) is 6.07 Å². The van der Waals surface area contributed by atoms with Crippen molar-refractivity contribution in [3.8, 4) is 0 Å². The van der Waals surface area contributed by atoms with Crippen LogP contribution in [0.5, 0.6) is 0 Å². The number of carbonyl (C=O) groups excluding carboxylic acids is 1. The summed E-state index contributed by atoms with van der Waals surface area (Å²) in [6.45, 7) is 0. The standard InChI is InChI=1S/C11H9BrN4O3/c1-15-9(5-6-13-15)14-11(17)7-3-2-4-8(10(7)12)16(18)19/h2-6H,1H3,(H,14,17). The summed E-state index contributed by atoms with van der Waals surface area (Å²) in [6, 6.07) is 5.91. The van der Waals surface area contributed by atoms with E-state index in [0.717, 1.165) is 0 Å². The van der Waals surface area contributed by atoms with E-state index in [-0.39, 0.29) is 15.7 Å². The number of carbonyl (C=O) groups is 1. The molecular formula is C11H9BrN4O3. The maximum absolute atomic E-state index is 12.1. The number of nitrogens with one attached hydrogen (secondary N) is 1. The van der Waals surface area contributed by atoms with Crippen LogP contribution >= 0.6 is 15.9 Å². The molecule has 0 aliphatic rings. The van der Waals surface area contributed by atoms with Gasteiger partial charge in [-0.15, -0.1) is 0 Å². The van der Waals surface area contributed by atoms with Crippen molar-refractivity contribution in [3.63, 3.8) is 0 Å². The monoisotopic (exact) mass is 324 g/mol. The van der Waals surface area contributed by atoms with Crippen molar-refractivity contribution in [2.45, 2.75) is 0 Å². The number of aromatic nitrogens is 2. The molecule has 0 aliphatic heterocycles. The van der Waals surface area contributed by atoms with E-state index in [1.54, 1.807) is 13.1 Å². The zero-order valence-electron chi connectivity index (χ0n) is 9.83. The molecule has 2 rings (SSSR count). The highest BCUT2D eigenvalue weighted by atomic mass is 79.9. The van der Waals surface area contributed by atoms with Gasteiger partial charge < -0.3 is 5.32 Å². The van der Waals surface area contributed by atoms with E-state index < -0.39 is 10.8 Å². The minimum absolute atomic E-state index is 0.152. The largest absolute Gasteiger partial charge is 0.307 e. The maximum atomic E-state index is 12.1. The van der Waals surface area contributed by atoms with E-state index in [1.807, 2.05) is 0 Å². The zero-order chi connectivity index (χ0) is 14.0. The Morgan fingerprint density at radius 3 is 2.79 bits per heavy atom. The molecule has 1 aromatic carbocycles. The Kier molecular flexibility index (Phi) is 3.61. The third-order valence-corrected chi connectivity index (χ3v) is 3.32. The number of hydrogen-bond acceptors (Lipinski definition) is 4. The Hall–Kier alpha value is -2.22. The number of nitro benzene ring substituents is 1. The molecular weight excluding hydrogens is 316 g/mol. The molecule has 19 heavy (non-hydrogen) atoms. The van der Waals surface area contributed by atoms with Crippen LogP contribution in [0, 0.1) is 10.1 Å². The first-order valence-corrected chi connectivity index (χ1v) is 6.02. The number of nitrogens with zero attached hydrogens (tertiary/aromatic N) is 3. The highest BCUT2D eigenvalue weighted by Crippen LogP contribution is 2.28. The lowest BCUT2D eigenvalue weighted by atomic mass is 10.2. The first kappa shape index (κ1) is 13.2. The molecule has 2 aromatic rings. The van der Waals surface area contributed by atoms with Crippen molar-refractivity contribution < 1.29 is 9.72 Å². The molecule has 0 unspecified atom stereocenters. The van der Waals surface area contributed by atoms with Gasteiger partial charge in [0.1, 0.15) is 10.3 Å². The van der Waals surface area contributed by atoms with Crippen molar-refractivity contribution in [1.82, 2.24) is 9.78 Å². The maximum Gasteiger partial charge on any atom is 0.284 e. The van der Waals surface area contributed by atoms with Gasteiger partial charge >= 0.3 is 0 Å². The van der Waals surface area contributed by atoms with Gasteiger partial charge in [0.25, 0.3) is 11.6 Å². The lowest BCUT2D eigenvalue weighted by Crippen LogP contribution is -2.15. The van der Waals surface area contributed by atoms with Gasteiger partial charge in [-0.25, -0.2) is 0 Å². The second-order valence-electron chi connectivity index (χ2n) is 3.69. The number of nitro groups is 1. The molecule has 0 radical (unpaired) electrons. The van der Waals surface area contributed by atoms with E-state index in [1.165, 1.54) is 29.1 Å². The molecule has 1 heterocycles. The van der Waals surface area contributed by atoms with Gasteiger partial charge in [-0.2, -0.15) is 5.10 Å². The highest BCUT2D eigenvalue weighted by Gasteiger charge is 2.19. The molecule has 8 heteroatoms. The zero-order valence-corrected chi connectivity index (χ0v) is 11.4. The van der Waals surface area contributed by atoms with Gasteiger partial charge in [-0.3, -0.25) is 19.6 Å². The summed E-state index contributed by atoms with van der Waals surface area (Å²) < 4.78 is 1.64. The Labute approximate surface area is 116 Å². The molecule has 1 amide bonds. The molecule has 0 saturated heterocycles. The fourth-order valence-corrected chi connectivity index (χ4v) is 2.11. The van der Waals surface area contributed by atoms with Gasteiger partial charge in [0, 0.05) is 19.2 Å². The Balaban J connectivity index is 2.32. The predicted octanol–water partition coefficient (Wildman–Crippen LogP) is 2.34. The van der Waals surface area contributed by atoms with Crippen LogP contribution in [0.3, 0.4) is 0 Å². The summed E-state index contributed by atoms with van der Waals surface area (Å²) in [4.78, 5) is 22.3. The number of anilines is 1. The van der Waals surface area contributed by atoms with Crippen molar-refractivity contribution in [2.75, 3.05) is 5.32 Å². The lowest BCUT2D eigenvalue weighted by Gasteiger charge is -2.07. The van der Waals surface area contributed by atoms with Crippen molar-refractivity contribution in [3.05, 3.63) is 50.6 Å². The highest BCUT2D eigenvalue weighted by molar-refractivity contribution is 9.10. The average molecular weight is 325 g/mol. The predicted molar refractivity (Wildman–Crippen MR) is 72.0 cm³/mol. The van der Waals surface area contributed by atoms with Crippen molar-refractivity contribution in [1.29, 1.82) is 0 Å². The molecule has 0 bridgehead atoms. The number of amides is 1. The molecule has 7 nitrogen and oxygen atoms in total. The van der Waals surface area contributed by atoms with E-state index in [0.29, 0.717) is 5.82 Å². The summed E-state index contributed by atoms with van der Waals surface area (Å²) in [7, 11) is 1.68. The minimum Gasteiger partial charge on any atom is -0.307 e. The van der Waals surface area contributed by atoms with E-state index in [2.05, 4.69) is 26.3 Å². The Bertz CT molecular complexity index is 653. The van der Waals surface area contributed by atoms with E-state index in [9.17, 15) is 14.9 Å². The minimum atomic E-state index is -0.551. The second kappa shape index (κ2) is 5.19. The van der Waals surface area contributed by atoms with E-state index in [4.69, 9.17) is 0 Å². The molecule has 0 aliphatic carbocycles. The summed E-state index contributed by atoms with van der Waals surface area (Å²) in [5, 5.41) is 17.3. The normalized spacial score (nSPS) is 10.2. The Morgan fingerprint density at radius 1 is 1.47 bits per heavy atom. The van der Waals surface area contributed by atoms with Gasteiger partial charge in [0.05, 0.1) is 16.7 Å². The lowest BCUT2D eigenvalue weighted by molar-refractivity contribution is -0.385. The van der Waals surface area contributed by atoms with Crippen LogP contribution in [0.4, 0.5) is 11.5 Å². The van der Waals surface area contributed by atoms with Crippen LogP contribution in [0.25, 0.3) is 0 Å². The van der Waals surface area contributed by atoms with E-state index >= 15 is 0 Å². The van der Waals surface area contributed by atoms with Gasteiger partial charge in [-0.05, 0) is 22.0 Å². The Morgan fingerprint density at radius 2 is 2.21 bits per heavy atom. The van der Waals surface area contributed by atoms with Crippen LogP contribution in [0.2, 0.25) is 0 Å². The number of benzene rings is 1. The molecule has 0 spiro atoms. The number of hydrogen-bond donors (Lipinski definition) is 1. The first-order chi connectivity index (χ1) is 9.00. The fraction of sp³-hybridized carbons (Fsp3) is 0.0909. The quantitative estimate of drug-likeness (QED) is 0.693. The topological polar surface area (TPSA) is 90.1 Å². The first-order valence-electron chi connectivity index (χ1n) is 5.23. The second-order valence-corrected chi connectivity index (χ2v) is 4.48. The smallest absolute Gasteiger partial charge is 0.284 e. The average Bonchev–Trinajstić information content (AvgIpc) is 2.74. The summed E-state index contributed by atoms with van der Waals surface area (Å²) in [6.07, 6.45) is 1.54. The number of rotatable bonds is 3. The summed E-state index contributed by atoms with van der Waals surface area (Å²) in [5.41, 5.74) is 0.0352. The molecule has 0 fully saturated rings. The van der Waals surface area contributed by atoms with Gasteiger partial charge in [0.2, 0.25) is 0 Å². The van der Waals surface area contributed by atoms with Crippen molar-refractivity contribution in [2.24, 2.45) is 7.05 Å². The third kappa shape index (κ3) is 2.63. The molecule has 1 aromatic heterocycles. The summed E-state index contributed by atoms with van der Waals surface area (Å²) >= 11 is 3.08.